The Morgan fingerprint density at radius 1 is 0.962 bits per heavy atom. The molecule has 1 nitrogen and oxygen atoms in total. The van der Waals surface area contributed by atoms with E-state index in [4.69, 9.17) is 4.43 Å². The van der Waals surface area contributed by atoms with Gasteiger partial charge in [-0.3, -0.25) is 0 Å². The maximum Gasteiger partial charge on any atom is 0.261 e. The molecular formula is C23H31IOSi. The molecule has 0 aliphatic rings. The topological polar surface area (TPSA) is 9.23 Å². The van der Waals surface area contributed by atoms with E-state index in [1.807, 2.05) is 0 Å². The average molecular weight is 478 g/mol. The summed E-state index contributed by atoms with van der Waals surface area (Å²) in [5.74, 6) is 0.425. The second kappa shape index (κ2) is 9.33. The van der Waals surface area contributed by atoms with Gasteiger partial charge in [-0.05, 0) is 32.8 Å². The summed E-state index contributed by atoms with van der Waals surface area (Å²) in [5, 5.41) is 2.72. The Morgan fingerprint density at radius 3 is 1.77 bits per heavy atom. The lowest BCUT2D eigenvalue weighted by Gasteiger charge is -2.45. The Labute approximate surface area is 174 Å². The van der Waals surface area contributed by atoms with E-state index in [9.17, 15) is 0 Å². The van der Waals surface area contributed by atoms with E-state index in [0.717, 1.165) is 6.42 Å². The molecule has 0 heterocycles. The summed E-state index contributed by atoms with van der Waals surface area (Å²) >= 11 is 2.31. The smallest absolute Gasteiger partial charge is 0.261 e. The molecule has 0 bridgehead atoms. The molecule has 140 valence electrons. The van der Waals surface area contributed by atoms with Crippen molar-refractivity contribution in [3.8, 4) is 0 Å². The third kappa shape index (κ3) is 4.49. The average Bonchev–Trinajstić information content (AvgIpc) is 2.64. The Hall–Kier alpha value is -0.913. The van der Waals surface area contributed by atoms with Gasteiger partial charge in [0.25, 0.3) is 8.32 Å². The van der Waals surface area contributed by atoms with Crippen molar-refractivity contribution in [1.29, 1.82) is 0 Å². The van der Waals surface area contributed by atoms with E-state index in [1.54, 1.807) is 0 Å². The molecule has 0 saturated heterocycles. The van der Waals surface area contributed by atoms with E-state index >= 15 is 0 Å². The maximum atomic E-state index is 7.16. The van der Waals surface area contributed by atoms with Gasteiger partial charge in [-0.25, -0.2) is 0 Å². The fourth-order valence-electron chi connectivity index (χ4n) is 3.78. The number of halogens is 1. The van der Waals surface area contributed by atoms with Crippen LogP contribution in [0.1, 0.15) is 41.0 Å². The molecule has 3 heteroatoms. The number of benzene rings is 2. The second-order valence-corrected chi connectivity index (χ2v) is 12.8. The van der Waals surface area contributed by atoms with Crippen LogP contribution < -0.4 is 10.4 Å². The van der Waals surface area contributed by atoms with Crippen LogP contribution in [0, 0.1) is 5.92 Å². The molecular weight excluding hydrogens is 447 g/mol. The minimum absolute atomic E-state index is 0.0241. The molecule has 0 aliphatic carbocycles. The van der Waals surface area contributed by atoms with E-state index < -0.39 is 8.32 Å². The quantitative estimate of drug-likeness (QED) is 0.354. The highest BCUT2D eigenvalue weighted by Gasteiger charge is 2.51. The SMILES string of the molecule is CC[C@@H](/C=C/I)[C@@H](C)O[Si](c1ccccc1)(c1ccccc1)C(C)(C)C. The predicted molar refractivity (Wildman–Crippen MR) is 125 cm³/mol. The molecule has 2 rings (SSSR count). The molecule has 0 radical (unpaired) electrons. The van der Waals surface area contributed by atoms with Crippen molar-refractivity contribution in [1.82, 2.24) is 0 Å². The molecule has 2 atom stereocenters. The van der Waals surface area contributed by atoms with Gasteiger partial charge < -0.3 is 4.43 Å². The van der Waals surface area contributed by atoms with Crippen LogP contribution in [0.2, 0.25) is 5.04 Å². The van der Waals surface area contributed by atoms with Gasteiger partial charge in [-0.15, -0.1) is 0 Å². The van der Waals surface area contributed by atoms with Crippen LogP contribution in [0.4, 0.5) is 0 Å². The van der Waals surface area contributed by atoms with Crippen LogP contribution in [-0.2, 0) is 4.43 Å². The van der Waals surface area contributed by atoms with Gasteiger partial charge in [0.2, 0.25) is 0 Å². The Balaban J connectivity index is 2.64. The molecule has 2 aromatic carbocycles. The lowest BCUT2D eigenvalue weighted by atomic mass is 10.0. The lowest BCUT2D eigenvalue weighted by Crippen LogP contribution is -2.67. The highest BCUT2D eigenvalue weighted by molar-refractivity contribution is 14.1. The third-order valence-electron chi connectivity index (χ3n) is 5.17. The van der Waals surface area contributed by atoms with Crippen LogP contribution in [0.25, 0.3) is 0 Å². The lowest BCUT2D eigenvalue weighted by molar-refractivity contribution is 0.160. The number of hydrogen-bond donors (Lipinski definition) is 0. The highest BCUT2D eigenvalue weighted by Crippen LogP contribution is 2.38. The number of hydrogen-bond acceptors (Lipinski definition) is 1. The summed E-state index contributed by atoms with van der Waals surface area (Å²) in [5.41, 5.74) is 0. The highest BCUT2D eigenvalue weighted by atomic mass is 127. The molecule has 26 heavy (non-hydrogen) atoms. The van der Waals surface area contributed by atoms with Gasteiger partial charge in [-0.2, -0.15) is 0 Å². The monoisotopic (exact) mass is 478 g/mol. The summed E-state index contributed by atoms with van der Waals surface area (Å²) in [4.78, 5) is 0. The molecule has 0 unspecified atom stereocenters. The molecule has 0 amide bonds. The fraction of sp³-hybridized carbons (Fsp3) is 0.391. The van der Waals surface area contributed by atoms with Crippen molar-refractivity contribution in [2.75, 3.05) is 0 Å². The summed E-state index contributed by atoms with van der Waals surface area (Å²) in [6.07, 6.45) is 3.53. The Morgan fingerprint density at radius 2 is 1.42 bits per heavy atom. The van der Waals surface area contributed by atoms with E-state index in [-0.39, 0.29) is 11.1 Å². The van der Waals surface area contributed by atoms with Gasteiger partial charge in [-0.1, -0.05) is 117 Å². The van der Waals surface area contributed by atoms with Crippen molar-refractivity contribution >= 4 is 41.3 Å². The normalized spacial score (nSPS) is 15.2. The van der Waals surface area contributed by atoms with Gasteiger partial charge >= 0.3 is 0 Å². The van der Waals surface area contributed by atoms with Crippen molar-refractivity contribution < 1.29 is 4.43 Å². The van der Waals surface area contributed by atoms with Gasteiger partial charge in [0.05, 0.1) is 0 Å². The minimum Gasteiger partial charge on any atom is -0.404 e. The molecule has 2 aromatic rings. The second-order valence-electron chi connectivity index (χ2n) is 7.88. The first-order chi connectivity index (χ1) is 12.4. The van der Waals surface area contributed by atoms with Crippen LogP contribution in [0.15, 0.2) is 70.8 Å². The van der Waals surface area contributed by atoms with Crippen molar-refractivity contribution in [3.63, 3.8) is 0 Å². The molecule has 0 aromatic heterocycles. The molecule has 0 N–H and O–H groups in total. The molecule has 0 aliphatic heterocycles. The van der Waals surface area contributed by atoms with Crippen LogP contribution >= 0.6 is 22.6 Å². The van der Waals surface area contributed by atoms with Crippen LogP contribution in [0.3, 0.4) is 0 Å². The minimum atomic E-state index is -2.46. The maximum absolute atomic E-state index is 7.16. The summed E-state index contributed by atoms with van der Waals surface area (Å²) < 4.78 is 9.29. The first-order valence-corrected chi connectivity index (χ1v) is 12.6. The zero-order valence-corrected chi connectivity index (χ0v) is 19.7. The first-order valence-electron chi connectivity index (χ1n) is 9.42. The largest absolute Gasteiger partial charge is 0.404 e. The Kier molecular flexibility index (Phi) is 7.68. The standard InChI is InChI=1S/C23H31IOSi/c1-6-20(17-18-24)19(2)25-26(23(3,4)5,21-13-9-7-10-14-21)22-15-11-8-12-16-22/h7-20H,6H2,1-5H3/b18-17+/t19-,20+/m1/s1. The van der Waals surface area contributed by atoms with Crippen LogP contribution in [-0.4, -0.2) is 14.4 Å². The van der Waals surface area contributed by atoms with Gasteiger partial charge in [0.1, 0.15) is 0 Å². The van der Waals surface area contributed by atoms with Crippen molar-refractivity contribution in [3.05, 3.63) is 70.8 Å². The number of rotatable bonds is 7. The summed E-state index contributed by atoms with van der Waals surface area (Å²) in [6, 6.07) is 21.8. The van der Waals surface area contributed by atoms with Crippen molar-refractivity contribution in [2.45, 2.75) is 52.2 Å². The van der Waals surface area contributed by atoms with Crippen molar-refractivity contribution in [2.24, 2.45) is 5.92 Å². The van der Waals surface area contributed by atoms with E-state index in [0.29, 0.717) is 5.92 Å². The summed E-state index contributed by atoms with van der Waals surface area (Å²) in [6.45, 7) is 11.5. The summed E-state index contributed by atoms with van der Waals surface area (Å²) in [7, 11) is -2.46. The van der Waals surface area contributed by atoms with E-state index in [1.165, 1.54) is 10.4 Å². The molecule has 0 spiro atoms. The molecule has 0 saturated carbocycles. The molecule has 0 fully saturated rings. The van der Waals surface area contributed by atoms with Gasteiger partial charge in [0, 0.05) is 12.0 Å². The van der Waals surface area contributed by atoms with Crippen LogP contribution in [0.5, 0.6) is 0 Å². The third-order valence-corrected chi connectivity index (χ3v) is 10.7. The predicted octanol–water partition coefficient (Wildman–Crippen LogP) is 5.93. The first kappa shape index (κ1) is 21.4. The van der Waals surface area contributed by atoms with E-state index in [2.05, 4.69) is 128 Å². The Bertz CT molecular complexity index is 652. The fourth-order valence-corrected chi connectivity index (χ4v) is 9.06. The van der Waals surface area contributed by atoms with Gasteiger partial charge in [0.15, 0.2) is 0 Å². The zero-order valence-electron chi connectivity index (χ0n) is 16.6. The zero-order chi connectivity index (χ0) is 19.2.